The maximum Gasteiger partial charge on any atom is 0.119 e. The molecule has 0 bridgehead atoms. The largest absolute Gasteiger partial charge is 0.494 e. The maximum atomic E-state index is 5.73. The smallest absolute Gasteiger partial charge is 0.119 e. The lowest BCUT2D eigenvalue weighted by Crippen LogP contribution is -1.96. The van der Waals surface area contributed by atoms with E-state index in [1.54, 1.807) is 0 Å². The molecular weight excluding hydrogens is 316 g/mol. The Morgan fingerprint density at radius 3 is 2.12 bits per heavy atom. The average molecular weight is 347 g/mol. The summed E-state index contributed by atoms with van der Waals surface area (Å²) in [5.74, 6) is 7.39. The summed E-state index contributed by atoms with van der Waals surface area (Å²) in [5, 5.41) is 0. The van der Waals surface area contributed by atoms with Gasteiger partial charge in [-0.05, 0) is 74.1 Å². The minimum absolute atomic E-state index is 0.790. The van der Waals surface area contributed by atoms with Crippen molar-refractivity contribution in [1.82, 2.24) is 0 Å². The molecule has 0 aliphatic carbocycles. The van der Waals surface area contributed by atoms with Crippen LogP contribution in [0.4, 0.5) is 0 Å². The Labute approximate surface area is 159 Å². The van der Waals surface area contributed by atoms with Crippen LogP contribution < -0.4 is 4.74 Å². The number of unbranched alkanes of at least 4 members (excludes halogenated alkanes) is 4. The van der Waals surface area contributed by atoms with Crippen molar-refractivity contribution in [2.75, 3.05) is 6.61 Å². The van der Waals surface area contributed by atoms with Gasteiger partial charge in [-0.25, -0.2) is 0 Å². The summed E-state index contributed by atoms with van der Waals surface area (Å²) >= 11 is 0. The van der Waals surface area contributed by atoms with Gasteiger partial charge in [-0.3, -0.25) is 0 Å². The first-order valence-electron chi connectivity index (χ1n) is 9.76. The molecule has 1 nitrogen and oxygen atoms in total. The summed E-state index contributed by atoms with van der Waals surface area (Å²) in [5.41, 5.74) is 3.45. The van der Waals surface area contributed by atoms with Crippen molar-refractivity contribution in [3.63, 3.8) is 0 Å². The van der Waals surface area contributed by atoms with E-state index in [0.29, 0.717) is 0 Å². The third-order valence-electron chi connectivity index (χ3n) is 4.30. The molecule has 0 unspecified atom stereocenters. The van der Waals surface area contributed by atoms with Crippen LogP contribution in [0.3, 0.4) is 0 Å². The summed E-state index contributed by atoms with van der Waals surface area (Å²) in [7, 11) is 0. The van der Waals surface area contributed by atoms with E-state index < -0.39 is 0 Å². The molecule has 0 atom stereocenters. The number of hydrogen-bond donors (Lipinski definition) is 0. The van der Waals surface area contributed by atoms with Gasteiger partial charge < -0.3 is 4.74 Å². The van der Waals surface area contributed by atoms with Gasteiger partial charge in [-0.2, -0.15) is 0 Å². The van der Waals surface area contributed by atoms with Gasteiger partial charge in [0.05, 0.1) is 6.61 Å². The molecule has 0 saturated carbocycles. The summed E-state index contributed by atoms with van der Waals surface area (Å²) in [6.45, 7) is 6.75. The Bertz CT molecular complexity index is 699. The first-order valence-corrected chi connectivity index (χ1v) is 9.76. The minimum Gasteiger partial charge on any atom is -0.494 e. The second-order valence-electron chi connectivity index (χ2n) is 6.56. The zero-order valence-corrected chi connectivity index (χ0v) is 16.0. The number of allylic oxidation sites excluding steroid dienone is 1. The van der Waals surface area contributed by atoms with Gasteiger partial charge in [0.25, 0.3) is 0 Å². The Balaban J connectivity index is 1.83. The maximum absolute atomic E-state index is 5.73. The van der Waals surface area contributed by atoms with Crippen LogP contribution in [0.25, 0.3) is 0 Å². The standard InChI is InChI=1S/C25H30O/c1-3-5-7-8-10-22-11-13-23(14-12-22)15-16-24-17-19-25(20-18-24)26-21-9-6-4-2/h3,11-14,17-20H,1,4-10,21H2,2H3. The Kier molecular flexibility index (Phi) is 9.15. The van der Waals surface area contributed by atoms with Crippen molar-refractivity contribution in [2.24, 2.45) is 0 Å². The molecule has 0 fully saturated rings. The van der Waals surface area contributed by atoms with Gasteiger partial charge in [0.1, 0.15) is 5.75 Å². The highest BCUT2D eigenvalue weighted by Gasteiger charge is 1.95. The van der Waals surface area contributed by atoms with E-state index in [1.807, 2.05) is 30.3 Å². The highest BCUT2D eigenvalue weighted by molar-refractivity contribution is 5.44. The lowest BCUT2D eigenvalue weighted by atomic mass is 10.1. The normalized spacial score (nSPS) is 10.0. The zero-order valence-electron chi connectivity index (χ0n) is 16.0. The number of benzene rings is 2. The van der Waals surface area contributed by atoms with E-state index >= 15 is 0 Å². The first-order chi connectivity index (χ1) is 12.8. The van der Waals surface area contributed by atoms with E-state index in [1.165, 1.54) is 31.2 Å². The number of hydrogen-bond acceptors (Lipinski definition) is 1. The molecule has 26 heavy (non-hydrogen) atoms. The Morgan fingerprint density at radius 1 is 0.846 bits per heavy atom. The molecule has 0 amide bonds. The molecule has 2 aromatic carbocycles. The predicted molar refractivity (Wildman–Crippen MR) is 112 cm³/mol. The van der Waals surface area contributed by atoms with Crippen molar-refractivity contribution in [3.8, 4) is 17.6 Å². The van der Waals surface area contributed by atoms with Crippen LogP contribution in [-0.2, 0) is 6.42 Å². The number of rotatable bonds is 10. The summed E-state index contributed by atoms with van der Waals surface area (Å²) in [4.78, 5) is 0. The topological polar surface area (TPSA) is 9.23 Å². The van der Waals surface area contributed by atoms with Gasteiger partial charge in [0.2, 0.25) is 0 Å². The highest BCUT2D eigenvalue weighted by Crippen LogP contribution is 2.13. The summed E-state index contributed by atoms with van der Waals surface area (Å²) in [6, 6.07) is 16.6. The van der Waals surface area contributed by atoms with Gasteiger partial charge in [0.15, 0.2) is 0 Å². The summed E-state index contributed by atoms with van der Waals surface area (Å²) in [6.07, 6.45) is 10.2. The minimum atomic E-state index is 0.790. The molecule has 0 radical (unpaired) electrons. The van der Waals surface area contributed by atoms with Gasteiger partial charge >= 0.3 is 0 Å². The monoisotopic (exact) mass is 346 g/mol. The van der Waals surface area contributed by atoms with Crippen molar-refractivity contribution >= 4 is 0 Å². The molecule has 0 spiro atoms. The van der Waals surface area contributed by atoms with Crippen LogP contribution in [0.1, 0.15) is 62.1 Å². The SMILES string of the molecule is C=CCCCCc1ccc(C#Cc2ccc(OCCCCC)cc2)cc1. The average Bonchev–Trinajstić information content (AvgIpc) is 2.69. The van der Waals surface area contributed by atoms with Gasteiger partial charge in [-0.1, -0.05) is 49.8 Å². The Hall–Kier alpha value is -2.46. The highest BCUT2D eigenvalue weighted by atomic mass is 16.5. The zero-order chi connectivity index (χ0) is 18.5. The van der Waals surface area contributed by atoms with Crippen molar-refractivity contribution in [3.05, 3.63) is 77.9 Å². The molecule has 0 heterocycles. The van der Waals surface area contributed by atoms with E-state index in [4.69, 9.17) is 4.74 Å². The molecule has 0 aromatic heterocycles. The number of aryl methyl sites for hydroxylation is 1. The van der Waals surface area contributed by atoms with Crippen LogP contribution >= 0.6 is 0 Å². The van der Waals surface area contributed by atoms with E-state index in [9.17, 15) is 0 Å². The second-order valence-corrected chi connectivity index (χ2v) is 6.56. The molecular formula is C25H30O. The van der Waals surface area contributed by atoms with Gasteiger partial charge in [-0.15, -0.1) is 6.58 Å². The molecule has 136 valence electrons. The molecule has 0 aliphatic rings. The number of ether oxygens (including phenoxy) is 1. The fraction of sp³-hybridized carbons (Fsp3) is 0.360. The van der Waals surface area contributed by atoms with Crippen LogP contribution in [-0.4, -0.2) is 6.61 Å². The quantitative estimate of drug-likeness (QED) is 0.269. The van der Waals surface area contributed by atoms with Crippen LogP contribution in [0.15, 0.2) is 61.2 Å². The predicted octanol–water partition coefficient (Wildman–Crippen LogP) is 6.55. The van der Waals surface area contributed by atoms with E-state index in [-0.39, 0.29) is 0 Å². The van der Waals surface area contributed by atoms with Crippen LogP contribution in [0.2, 0.25) is 0 Å². The van der Waals surface area contributed by atoms with Crippen molar-refractivity contribution < 1.29 is 4.74 Å². The van der Waals surface area contributed by atoms with Gasteiger partial charge in [0, 0.05) is 11.1 Å². The van der Waals surface area contributed by atoms with Crippen LogP contribution in [0, 0.1) is 11.8 Å². The lowest BCUT2D eigenvalue weighted by Gasteiger charge is -2.05. The van der Waals surface area contributed by atoms with E-state index in [2.05, 4.69) is 49.6 Å². The Morgan fingerprint density at radius 2 is 1.50 bits per heavy atom. The lowest BCUT2D eigenvalue weighted by molar-refractivity contribution is 0.306. The van der Waals surface area contributed by atoms with Crippen LogP contribution in [0.5, 0.6) is 5.75 Å². The van der Waals surface area contributed by atoms with E-state index in [0.717, 1.165) is 42.7 Å². The molecule has 0 aliphatic heterocycles. The summed E-state index contributed by atoms with van der Waals surface area (Å²) < 4.78 is 5.73. The molecule has 2 rings (SSSR count). The third-order valence-corrected chi connectivity index (χ3v) is 4.30. The molecule has 0 N–H and O–H groups in total. The fourth-order valence-corrected chi connectivity index (χ4v) is 2.69. The third kappa shape index (κ3) is 7.62. The molecule has 2 aromatic rings. The second kappa shape index (κ2) is 12.0. The first kappa shape index (κ1) is 19.9. The van der Waals surface area contributed by atoms with Crippen molar-refractivity contribution in [1.29, 1.82) is 0 Å². The molecule has 1 heteroatoms. The fourth-order valence-electron chi connectivity index (χ4n) is 2.69. The van der Waals surface area contributed by atoms with Crippen molar-refractivity contribution in [2.45, 2.75) is 51.9 Å². The molecule has 0 saturated heterocycles.